The third-order valence-corrected chi connectivity index (χ3v) is 3.85. The third-order valence-electron chi connectivity index (χ3n) is 3.85. The normalized spacial score (nSPS) is 16.8. The number of rotatable bonds is 5. The summed E-state index contributed by atoms with van der Waals surface area (Å²) < 4.78 is 0. The maximum atomic E-state index is 12.2. The molecule has 118 valence electrons. The SMILES string of the molecule is CCC(C(=O)O)N1CCN(Cc2cccc(C)c2)C(=O)C1=O. The predicted octanol–water partition coefficient (Wildman–Crippen LogP) is 1.03. The standard InChI is InChI=1S/C16H20N2O4/c1-3-13(16(21)22)18-8-7-17(14(19)15(18)20)10-12-6-4-5-11(2)9-12/h4-6,9,13H,3,7-8,10H2,1-2H3,(H,21,22). The Morgan fingerprint density at radius 2 is 2.00 bits per heavy atom. The van der Waals surface area contributed by atoms with Crippen molar-refractivity contribution in [3.63, 3.8) is 0 Å². The number of piperazine rings is 1. The molecule has 0 aliphatic carbocycles. The first kappa shape index (κ1) is 16.0. The number of carbonyl (C=O) groups excluding carboxylic acids is 2. The van der Waals surface area contributed by atoms with E-state index in [2.05, 4.69) is 0 Å². The summed E-state index contributed by atoms with van der Waals surface area (Å²) in [6, 6.07) is 6.81. The van der Waals surface area contributed by atoms with Crippen molar-refractivity contribution < 1.29 is 19.5 Å². The van der Waals surface area contributed by atoms with Gasteiger partial charge in [-0.2, -0.15) is 0 Å². The highest BCUT2D eigenvalue weighted by atomic mass is 16.4. The predicted molar refractivity (Wildman–Crippen MR) is 80.0 cm³/mol. The lowest BCUT2D eigenvalue weighted by atomic mass is 10.1. The zero-order valence-corrected chi connectivity index (χ0v) is 12.8. The molecule has 0 bridgehead atoms. The number of aliphatic carboxylic acids is 1. The smallest absolute Gasteiger partial charge is 0.326 e. The van der Waals surface area contributed by atoms with Crippen molar-refractivity contribution in [2.45, 2.75) is 32.9 Å². The van der Waals surface area contributed by atoms with E-state index in [-0.39, 0.29) is 13.0 Å². The summed E-state index contributed by atoms with van der Waals surface area (Å²) in [6.07, 6.45) is 0.284. The van der Waals surface area contributed by atoms with Gasteiger partial charge in [0, 0.05) is 19.6 Å². The Kier molecular flexibility index (Phi) is 4.80. The van der Waals surface area contributed by atoms with E-state index in [4.69, 9.17) is 5.11 Å². The molecule has 0 spiro atoms. The summed E-state index contributed by atoms with van der Waals surface area (Å²) in [5.41, 5.74) is 2.05. The van der Waals surface area contributed by atoms with Crippen LogP contribution < -0.4 is 0 Å². The number of hydrogen-bond acceptors (Lipinski definition) is 3. The molecular formula is C16H20N2O4. The van der Waals surface area contributed by atoms with Crippen molar-refractivity contribution in [3.8, 4) is 0 Å². The molecule has 1 unspecified atom stereocenters. The van der Waals surface area contributed by atoms with Gasteiger partial charge in [0.2, 0.25) is 0 Å². The van der Waals surface area contributed by atoms with Crippen LogP contribution in [-0.4, -0.2) is 51.8 Å². The highest BCUT2D eigenvalue weighted by molar-refractivity contribution is 6.35. The van der Waals surface area contributed by atoms with Crippen LogP contribution in [0, 0.1) is 6.92 Å². The number of hydrogen-bond donors (Lipinski definition) is 1. The summed E-state index contributed by atoms with van der Waals surface area (Å²) in [5.74, 6) is -2.43. The van der Waals surface area contributed by atoms with E-state index in [1.165, 1.54) is 4.90 Å². The summed E-state index contributed by atoms with van der Waals surface area (Å²) in [4.78, 5) is 38.2. The van der Waals surface area contributed by atoms with Crippen LogP contribution in [0.2, 0.25) is 0 Å². The van der Waals surface area contributed by atoms with Crippen LogP contribution in [-0.2, 0) is 20.9 Å². The van der Waals surface area contributed by atoms with E-state index in [0.29, 0.717) is 13.1 Å². The van der Waals surface area contributed by atoms with Gasteiger partial charge >= 0.3 is 17.8 Å². The van der Waals surface area contributed by atoms with Crippen molar-refractivity contribution in [2.75, 3.05) is 13.1 Å². The quantitative estimate of drug-likeness (QED) is 0.824. The number of nitrogens with zero attached hydrogens (tertiary/aromatic N) is 2. The minimum Gasteiger partial charge on any atom is -0.480 e. The second-order valence-electron chi connectivity index (χ2n) is 5.48. The molecule has 1 aromatic rings. The largest absolute Gasteiger partial charge is 0.480 e. The van der Waals surface area contributed by atoms with Gasteiger partial charge in [0.1, 0.15) is 6.04 Å². The van der Waals surface area contributed by atoms with Gasteiger partial charge in [-0.3, -0.25) is 9.59 Å². The van der Waals surface area contributed by atoms with Gasteiger partial charge < -0.3 is 14.9 Å². The van der Waals surface area contributed by atoms with Crippen LogP contribution in [0.15, 0.2) is 24.3 Å². The first-order valence-electron chi connectivity index (χ1n) is 7.32. The molecule has 0 aromatic heterocycles. The molecule has 1 N–H and O–H groups in total. The number of aryl methyl sites for hydroxylation is 1. The van der Waals surface area contributed by atoms with Crippen LogP contribution in [0.4, 0.5) is 0 Å². The highest BCUT2D eigenvalue weighted by Gasteiger charge is 2.38. The number of carboxylic acid groups (broad SMARTS) is 1. The minimum absolute atomic E-state index is 0.251. The van der Waals surface area contributed by atoms with Gasteiger partial charge in [0.25, 0.3) is 0 Å². The summed E-state index contributed by atoms with van der Waals surface area (Å²) in [6.45, 7) is 4.62. The molecule has 0 saturated carbocycles. The third kappa shape index (κ3) is 3.27. The van der Waals surface area contributed by atoms with Gasteiger partial charge in [-0.05, 0) is 18.9 Å². The fourth-order valence-electron chi connectivity index (χ4n) is 2.70. The maximum absolute atomic E-state index is 12.2. The Hall–Kier alpha value is -2.37. The van der Waals surface area contributed by atoms with Crippen LogP contribution in [0.1, 0.15) is 24.5 Å². The van der Waals surface area contributed by atoms with E-state index >= 15 is 0 Å². The second-order valence-corrected chi connectivity index (χ2v) is 5.48. The highest BCUT2D eigenvalue weighted by Crippen LogP contribution is 2.15. The molecule has 1 aliphatic rings. The van der Waals surface area contributed by atoms with Crippen molar-refractivity contribution >= 4 is 17.8 Å². The fourth-order valence-corrected chi connectivity index (χ4v) is 2.70. The van der Waals surface area contributed by atoms with Crippen LogP contribution in [0.25, 0.3) is 0 Å². The Morgan fingerprint density at radius 1 is 1.27 bits per heavy atom. The Labute approximate surface area is 129 Å². The van der Waals surface area contributed by atoms with Gasteiger partial charge in [-0.25, -0.2) is 4.79 Å². The first-order valence-corrected chi connectivity index (χ1v) is 7.32. The van der Waals surface area contributed by atoms with Crippen molar-refractivity contribution in [1.29, 1.82) is 0 Å². The number of carbonyl (C=O) groups is 3. The number of carboxylic acids is 1. The van der Waals surface area contributed by atoms with E-state index in [9.17, 15) is 14.4 Å². The van der Waals surface area contributed by atoms with Gasteiger partial charge in [-0.1, -0.05) is 36.8 Å². The van der Waals surface area contributed by atoms with Crippen molar-refractivity contribution in [3.05, 3.63) is 35.4 Å². The molecule has 1 heterocycles. The van der Waals surface area contributed by atoms with E-state index in [1.54, 1.807) is 6.92 Å². The van der Waals surface area contributed by atoms with E-state index < -0.39 is 23.8 Å². The second kappa shape index (κ2) is 6.60. The van der Waals surface area contributed by atoms with Crippen LogP contribution in [0.5, 0.6) is 0 Å². The lowest BCUT2D eigenvalue weighted by Crippen LogP contribution is -2.58. The Balaban J connectivity index is 2.09. The summed E-state index contributed by atoms with van der Waals surface area (Å²) >= 11 is 0. The molecule has 2 rings (SSSR count). The van der Waals surface area contributed by atoms with Gasteiger partial charge in [-0.15, -0.1) is 0 Å². The lowest BCUT2D eigenvalue weighted by Gasteiger charge is -2.36. The lowest BCUT2D eigenvalue weighted by molar-refractivity contribution is -0.162. The average molecular weight is 304 g/mol. The minimum atomic E-state index is -1.07. The molecule has 1 atom stereocenters. The molecule has 0 radical (unpaired) electrons. The molecule has 1 aromatic carbocycles. The van der Waals surface area contributed by atoms with Crippen LogP contribution >= 0.6 is 0 Å². The molecule has 22 heavy (non-hydrogen) atoms. The Bertz CT molecular complexity index is 600. The average Bonchev–Trinajstić information content (AvgIpc) is 2.47. The topological polar surface area (TPSA) is 77.9 Å². The first-order chi connectivity index (χ1) is 10.4. The zero-order valence-electron chi connectivity index (χ0n) is 12.8. The van der Waals surface area contributed by atoms with Gasteiger partial charge in [0.05, 0.1) is 0 Å². The van der Waals surface area contributed by atoms with Crippen molar-refractivity contribution in [1.82, 2.24) is 9.80 Å². The zero-order chi connectivity index (χ0) is 16.3. The molecule has 2 amide bonds. The molecule has 6 heteroatoms. The van der Waals surface area contributed by atoms with E-state index in [1.807, 2.05) is 31.2 Å². The maximum Gasteiger partial charge on any atom is 0.326 e. The van der Waals surface area contributed by atoms with Crippen molar-refractivity contribution in [2.24, 2.45) is 0 Å². The Morgan fingerprint density at radius 3 is 2.59 bits per heavy atom. The monoisotopic (exact) mass is 304 g/mol. The number of amides is 2. The molecule has 1 aliphatic heterocycles. The van der Waals surface area contributed by atoms with Gasteiger partial charge in [0.15, 0.2) is 0 Å². The van der Waals surface area contributed by atoms with Crippen LogP contribution in [0.3, 0.4) is 0 Å². The fraction of sp³-hybridized carbons (Fsp3) is 0.438. The molecular weight excluding hydrogens is 284 g/mol. The number of benzene rings is 1. The molecule has 1 saturated heterocycles. The molecule has 1 fully saturated rings. The summed E-state index contributed by atoms with van der Waals surface area (Å²) in [7, 11) is 0. The summed E-state index contributed by atoms with van der Waals surface area (Å²) in [5, 5.41) is 9.14. The molecule has 6 nitrogen and oxygen atoms in total. The van der Waals surface area contributed by atoms with E-state index in [0.717, 1.165) is 16.0 Å².